The number of cyclic esters (lactones) is 1. The second kappa shape index (κ2) is 5.72. The fourth-order valence-corrected chi connectivity index (χ4v) is 2.04. The first-order chi connectivity index (χ1) is 7.49. The summed E-state index contributed by atoms with van der Waals surface area (Å²) in [4.78, 5) is 23.5. The van der Waals surface area contributed by atoms with Gasteiger partial charge in [-0.1, -0.05) is 13.8 Å². The first-order valence-electron chi connectivity index (χ1n) is 5.62. The number of hydrogen-bond acceptors (Lipinski definition) is 3. The van der Waals surface area contributed by atoms with Crippen LogP contribution in [0.2, 0.25) is 0 Å². The van der Waals surface area contributed by atoms with Gasteiger partial charge >= 0.3 is 12.1 Å². The van der Waals surface area contributed by atoms with Gasteiger partial charge in [0.2, 0.25) is 0 Å². The molecule has 0 radical (unpaired) electrons. The molecule has 1 heterocycles. The van der Waals surface area contributed by atoms with E-state index in [9.17, 15) is 9.59 Å². The van der Waals surface area contributed by atoms with Gasteiger partial charge in [-0.05, 0) is 18.3 Å². The highest BCUT2D eigenvalue weighted by atomic mass is 16.6. The maximum absolute atomic E-state index is 11.2. The van der Waals surface area contributed by atoms with Gasteiger partial charge in [0, 0.05) is 13.0 Å². The fraction of sp³-hybridized carbons (Fsp3) is 0.818. The minimum Gasteiger partial charge on any atom is -0.481 e. The van der Waals surface area contributed by atoms with Crippen LogP contribution < -0.4 is 0 Å². The summed E-state index contributed by atoms with van der Waals surface area (Å²) in [5.41, 5.74) is 0. The second-order valence-electron chi connectivity index (χ2n) is 4.65. The highest BCUT2D eigenvalue weighted by molar-refractivity contribution is 5.70. The van der Waals surface area contributed by atoms with Crippen LogP contribution in [0.5, 0.6) is 0 Å². The normalized spacial score (nSPS) is 17.7. The molecule has 1 amide bonds. The van der Waals surface area contributed by atoms with Crippen molar-refractivity contribution in [3.63, 3.8) is 0 Å². The lowest BCUT2D eigenvalue weighted by Crippen LogP contribution is -2.32. The number of hydrogen-bond donors (Lipinski definition) is 1. The maximum atomic E-state index is 11.2. The molecule has 0 saturated carbocycles. The summed E-state index contributed by atoms with van der Waals surface area (Å²) in [6, 6.07) is 0. The highest BCUT2D eigenvalue weighted by Gasteiger charge is 2.26. The Bertz CT molecular complexity index is 265. The molecule has 1 aliphatic heterocycles. The number of carboxylic acid groups (broad SMARTS) is 1. The van der Waals surface area contributed by atoms with Crippen molar-refractivity contribution in [1.82, 2.24) is 4.90 Å². The molecule has 92 valence electrons. The van der Waals surface area contributed by atoms with Gasteiger partial charge in [-0.25, -0.2) is 4.79 Å². The summed E-state index contributed by atoms with van der Waals surface area (Å²) in [6.07, 6.45) is 0.608. The summed E-state index contributed by atoms with van der Waals surface area (Å²) in [7, 11) is 0. The summed E-state index contributed by atoms with van der Waals surface area (Å²) in [5.74, 6) is -0.357. The molecule has 16 heavy (non-hydrogen) atoms. The number of ether oxygens (including phenoxy) is 1. The van der Waals surface area contributed by atoms with Gasteiger partial charge in [0.1, 0.15) is 6.61 Å². The summed E-state index contributed by atoms with van der Waals surface area (Å²) in [5, 5.41) is 8.80. The Morgan fingerprint density at radius 3 is 2.69 bits per heavy atom. The SMILES string of the molecule is CC(C)CC(CC(=O)O)CN1CCOC1=O. The Kier molecular flexibility index (Phi) is 4.58. The molecule has 1 N–H and O–H groups in total. The molecule has 1 atom stereocenters. The van der Waals surface area contributed by atoms with Crippen LogP contribution in [0.1, 0.15) is 26.7 Å². The Morgan fingerprint density at radius 2 is 2.25 bits per heavy atom. The second-order valence-corrected chi connectivity index (χ2v) is 4.65. The van der Waals surface area contributed by atoms with E-state index in [1.807, 2.05) is 0 Å². The molecule has 0 aromatic carbocycles. The van der Waals surface area contributed by atoms with Crippen LogP contribution in [-0.2, 0) is 9.53 Å². The largest absolute Gasteiger partial charge is 0.481 e. The highest BCUT2D eigenvalue weighted by Crippen LogP contribution is 2.18. The molecule has 5 nitrogen and oxygen atoms in total. The lowest BCUT2D eigenvalue weighted by atomic mass is 9.94. The molecule has 1 saturated heterocycles. The van der Waals surface area contributed by atoms with Gasteiger partial charge in [0.25, 0.3) is 0 Å². The number of carbonyl (C=O) groups excluding carboxylic acids is 1. The predicted molar refractivity (Wildman–Crippen MR) is 58.1 cm³/mol. The van der Waals surface area contributed by atoms with Gasteiger partial charge in [0.15, 0.2) is 0 Å². The standard InChI is InChI=1S/C11H19NO4/c1-8(2)5-9(6-10(13)14)7-12-3-4-16-11(12)15/h8-9H,3-7H2,1-2H3,(H,13,14). The number of aliphatic carboxylic acids is 1. The third kappa shape index (κ3) is 4.08. The molecule has 0 aromatic heterocycles. The monoisotopic (exact) mass is 229 g/mol. The van der Waals surface area contributed by atoms with Crippen molar-refractivity contribution >= 4 is 12.1 Å². The zero-order valence-corrected chi connectivity index (χ0v) is 9.81. The van der Waals surface area contributed by atoms with Gasteiger partial charge in [-0.2, -0.15) is 0 Å². The van der Waals surface area contributed by atoms with Crippen molar-refractivity contribution < 1.29 is 19.4 Å². The van der Waals surface area contributed by atoms with Gasteiger partial charge in [0.05, 0.1) is 6.54 Å². The average Bonchev–Trinajstić information content (AvgIpc) is 2.49. The van der Waals surface area contributed by atoms with Crippen LogP contribution in [0.3, 0.4) is 0 Å². The first kappa shape index (κ1) is 12.8. The zero-order chi connectivity index (χ0) is 12.1. The molecule has 0 bridgehead atoms. The number of carbonyl (C=O) groups is 2. The van der Waals surface area contributed by atoms with E-state index in [-0.39, 0.29) is 18.4 Å². The van der Waals surface area contributed by atoms with E-state index in [0.29, 0.717) is 25.6 Å². The van der Waals surface area contributed by atoms with Crippen LogP contribution >= 0.6 is 0 Å². The first-order valence-corrected chi connectivity index (χ1v) is 5.62. The van der Waals surface area contributed by atoms with Crippen molar-refractivity contribution in [2.45, 2.75) is 26.7 Å². The van der Waals surface area contributed by atoms with Crippen LogP contribution in [0.4, 0.5) is 4.79 Å². The topological polar surface area (TPSA) is 66.8 Å². The lowest BCUT2D eigenvalue weighted by molar-refractivity contribution is -0.138. The van der Waals surface area contributed by atoms with Crippen molar-refractivity contribution in [3.05, 3.63) is 0 Å². The third-order valence-electron chi connectivity index (χ3n) is 2.59. The number of carboxylic acids is 1. The van der Waals surface area contributed by atoms with Crippen LogP contribution in [0.25, 0.3) is 0 Å². The fourth-order valence-electron chi connectivity index (χ4n) is 2.04. The quantitative estimate of drug-likeness (QED) is 0.750. The summed E-state index contributed by atoms with van der Waals surface area (Å²) >= 11 is 0. The molecule has 0 aliphatic carbocycles. The van der Waals surface area contributed by atoms with Crippen LogP contribution in [0.15, 0.2) is 0 Å². The van der Waals surface area contributed by atoms with E-state index in [1.165, 1.54) is 0 Å². The van der Waals surface area contributed by atoms with Crippen molar-refractivity contribution in [1.29, 1.82) is 0 Å². The van der Waals surface area contributed by atoms with Gasteiger partial charge < -0.3 is 14.7 Å². The van der Waals surface area contributed by atoms with E-state index in [0.717, 1.165) is 6.42 Å². The molecule has 1 aliphatic rings. The van der Waals surface area contributed by atoms with Crippen molar-refractivity contribution in [2.24, 2.45) is 11.8 Å². The van der Waals surface area contributed by atoms with E-state index in [2.05, 4.69) is 13.8 Å². The maximum Gasteiger partial charge on any atom is 0.409 e. The minimum absolute atomic E-state index is 0.0168. The molecular weight excluding hydrogens is 210 g/mol. The van der Waals surface area contributed by atoms with Gasteiger partial charge in [-0.15, -0.1) is 0 Å². The molecular formula is C11H19NO4. The molecule has 0 aromatic rings. The molecule has 1 unspecified atom stereocenters. The summed E-state index contributed by atoms with van der Waals surface area (Å²) < 4.78 is 4.82. The predicted octanol–water partition coefficient (Wildman–Crippen LogP) is 1.58. The van der Waals surface area contributed by atoms with E-state index in [4.69, 9.17) is 9.84 Å². The van der Waals surface area contributed by atoms with E-state index in [1.54, 1.807) is 4.90 Å². The minimum atomic E-state index is -0.807. The average molecular weight is 229 g/mol. The zero-order valence-electron chi connectivity index (χ0n) is 9.81. The van der Waals surface area contributed by atoms with Crippen LogP contribution in [0, 0.1) is 11.8 Å². The number of amides is 1. The Hall–Kier alpha value is -1.26. The molecule has 1 fully saturated rings. The lowest BCUT2D eigenvalue weighted by Gasteiger charge is -2.22. The number of nitrogens with zero attached hydrogens (tertiary/aromatic N) is 1. The molecule has 5 heteroatoms. The smallest absolute Gasteiger partial charge is 0.409 e. The van der Waals surface area contributed by atoms with E-state index < -0.39 is 5.97 Å². The van der Waals surface area contributed by atoms with Crippen LogP contribution in [-0.4, -0.2) is 41.8 Å². The third-order valence-corrected chi connectivity index (χ3v) is 2.59. The van der Waals surface area contributed by atoms with Gasteiger partial charge in [-0.3, -0.25) is 4.79 Å². The Morgan fingerprint density at radius 1 is 1.56 bits per heavy atom. The molecule has 1 rings (SSSR count). The molecule has 0 spiro atoms. The van der Waals surface area contributed by atoms with Crippen molar-refractivity contribution in [2.75, 3.05) is 19.7 Å². The summed E-state index contributed by atoms with van der Waals surface area (Å²) in [6.45, 7) is 5.59. The van der Waals surface area contributed by atoms with E-state index >= 15 is 0 Å². The number of rotatable bonds is 6. The Labute approximate surface area is 95.4 Å². The Balaban J connectivity index is 2.48. The van der Waals surface area contributed by atoms with Crippen molar-refractivity contribution in [3.8, 4) is 0 Å².